The Labute approximate surface area is 163 Å². The van der Waals surface area contributed by atoms with Crippen molar-refractivity contribution in [3.05, 3.63) is 64.0 Å². The van der Waals surface area contributed by atoms with Crippen LogP contribution in [0.5, 0.6) is 0 Å². The predicted molar refractivity (Wildman–Crippen MR) is 105 cm³/mol. The van der Waals surface area contributed by atoms with Gasteiger partial charge in [-0.2, -0.15) is 0 Å². The van der Waals surface area contributed by atoms with Crippen molar-refractivity contribution < 1.29 is 14.5 Å². The summed E-state index contributed by atoms with van der Waals surface area (Å²) in [6.07, 6.45) is 6.05. The molecule has 1 aliphatic rings. The van der Waals surface area contributed by atoms with Crippen molar-refractivity contribution in [2.75, 3.05) is 25.6 Å². The van der Waals surface area contributed by atoms with Gasteiger partial charge in [0.1, 0.15) is 5.69 Å². The average Bonchev–Trinajstić information content (AvgIpc) is 3.52. The van der Waals surface area contributed by atoms with Gasteiger partial charge < -0.3 is 15.0 Å². The van der Waals surface area contributed by atoms with E-state index in [0.29, 0.717) is 37.4 Å². The number of aromatic nitrogens is 1. The van der Waals surface area contributed by atoms with Crippen molar-refractivity contribution in [3.8, 4) is 0 Å². The van der Waals surface area contributed by atoms with Crippen LogP contribution < -0.4 is 5.32 Å². The normalized spacial score (nSPS) is 13.2. The van der Waals surface area contributed by atoms with Crippen LogP contribution in [0.4, 0.5) is 11.4 Å². The van der Waals surface area contributed by atoms with Gasteiger partial charge in [-0.3, -0.25) is 19.9 Å². The lowest BCUT2D eigenvalue weighted by Gasteiger charge is -2.23. The van der Waals surface area contributed by atoms with Gasteiger partial charge in [-0.1, -0.05) is 0 Å². The van der Waals surface area contributed by atoms with Crippen molar-refractivity contribution >= 4 is 17.3 Å². The number of pyridine rings is 1. The highest BCUT2D eigenvalue weighted by molar-refractivity contribution is 5.95. The summed E-state index contributed by atoms with van der Waals surface area (Å²) in [6.45, 7) is 1.43. The summed E-state index contributed by atoms with van der Waals surface area (Å²) in [7, 11) is 1.62. The molecular formula is C20H24N4O4. The van der Waals surface area contributed by atoms with Crippen LogP contribution >= 0.6 is 0 Å². The second-order valence-electron chi connectivity index (χ2n) is 6.84. The zero-order chi connectivity index (χ0) is 19.9. The molecule has 148 valence electrons. The van der Waals surface area contributed by atoms with E-state index in [0.717, 1.165) is 18.4 Å². The molecule has 1 N–H and O–H groups in total. The van der Waals surface area contributed by atoms with Gasteiger partial charge in [0.05, 0.1) is 4.92 Å². The Balaban J connectivity index is 1.81. The number of methoxy groups -OCH3 is 1. The number of carbonyl (C=O) groups excluding carboxylic acids is 1. The first-order valence-electron chi connectivity index (χ1n) is 9.30. The SMILES string of the molecule is COCCCN(Cc1ccncc1)C(=O)c1ccc(NC2CC2)c([N+](=O)[O-])c1. The summed E-state index contributed by atoms with van der Waals surface area (Å²) in [5, 5.41) is 14.6. The predicted octanol–water partition coefficient (Wildman–Crippen LogP) is 3.24. The molecule has 1 saturated carbocycles. The van der Waals surface area contributed by atoms with Crippen LogP contribution in [0.3, 0.4) is 0 Å². The second-order valence-corrected chi connectivity index (χ2v) is 6.84. The van der Waals surface area contributed by atoms with Crippen LogP contribution in [0, 0.1) is 10.1 Å². The number of nitrogens with one attached hydrogen (secondary N) is 1. The van der Waals surface area contributed by atoms with E-state index >= 15 is 0 Å². The maximum absolute atomic E-state index is 13.1. The summed E-state index contributed by atoms with van der Waals surface area (Å²) in [6, 6.07) is 8.63. The summed E-state index contributed by atoms with van der Waals surface area (Å²) < 4.78 is 5.09. The number of ether oxygens (including phenoxy) is 1. The van der Waals surface area contributed by atoms with E-state index in [1.165, 1.54) is 6.07 Å². The molecule has 1 heterocycles. The molecule has 8 heteroatoms. The van der Waals surface area contributed by atoms with E-state index < -0.39 is 4.92 Å². The number of nitro groups is 1. The molecule has 1 amide bonds. The van der Waals surface area contributed by atoms with Crippen molar-refractivity contribution in [1.29, 1.82) is 0 Å². The highest BCUT2D eigenvalue weighted by Gasteiger charge is 2.26. The Morgan fingerprint density at radius 1 is 1.32 bits per heavy atom. The van der Waals surface area contributed by atoms with Gasteiger partial charge in [0.2, 0.25) is 0 Å². The van der Waals surface area contributed by atoms with Gasteiger partial charge in [-0.25, -0.2) is 0 Å². The third-order valence-electron chi connectivity index (χ3n) is 4.56. The number of rotatable bonds is 10. The lowest BCUT2D eigenvalue weighted by molar-refractivity contribution is -0.384. The first-order valence-corrected chi connectivity index (χ1v) is 9.30. The van der Waals surface area contributed by atoms with Crippen LogP contribution in [0.25, 0.3) is 0 Å². The molecule has 0 atom stereocenters. The Hall–Kier alpha value is -3.00. The van der Waals surface area contributed by atoms with E-state index in [1.807, 2.05) is 12.1 Å². The third-order valence-corrected chi connectivity index (χ3v) is 4.56. The smallest absolute Gasteiger partial charge is 0.293 e. The van der Waals surface area contributed by atoms with Gasteiger partial charge in [0.25, 0.3) is 11.6 Å². The number of anilines is 1. The minimum atomic E-state index is -0.445. The molecule has 1 fully saturated rings. The van der Waals surface area contributed by atoms with Crippen LogP contribution in [0.1, 0.15) is 35.2 Å². The molecule has 3 rings (SSSR count). The molecule has 0 radical (unpaired) electrons. The third kappa shape index (κ3) is 5.26. The Kier molecular flexibility index (Phi) is 6.54. The van der Waals surface area contributed by atoms with E-state index in [-0.39, 0.29) is 17.6 Å². The molecule has 0 bridgehead atoms. The van der Waals surface area contributed by atoms with Crippen LogP contribution in [0.15, 0.2) is 42.7 Å². The number of hydrogen-bond donors (Lipinski definition) is 1. The summed E-state index contributed by atoms with van der Waals surface area (Å²) in [4.78, 5) is 29.8. The van der Waals surface area contributed by atoms with Crippen molar-refractivity contribution in [1.82, 2.24) is 9.88 Å². The Bertz CT molecular complexity index is 824. The molecular weight excluding hydrogens is 360 g/mol. The second kappa shape index (κ2) is 9.27. The minimum absolute atomic E-state index is 0.0708. The summed E-state index contributed by atoms with van der Waals surface area (Å²) in [5.41, 5.74) is 1.64. The fourth-order valence-corrected chi connectivity index (χ4v) is 2.93. The Morgan fingerprint density at radius 3 is 2.71 bits per heavy atom. The van der Waals surface area contributed by atoms with Gasteiger partial charge >= 0.3 is 0 Å². The first-order chi connectivity index (χ1) is 13.6. The molecule has 28 heavy (non-hydrogen) atoms. The average molecular weight is 384 g/mol. The topological polar surface area (TPSA) is 97.6 Å². The number of amides is 1. The van der Waals surface area contributed by atoms with Crippen LogP contribution in [0.2, 0.25) is 0 Å². The van der Waals surface area contributed by atoms with Gasteiger partial charge in [-0.05, 0) is 49.1 Å². The van der Waals surface area contributed by atoms with E-state index in [9.17, 15) is 14.9 Å². The van der Waals surface area contributed by atoms with Crippen molar-refractivity contribution in [3.63, 3.8) is 0 Å². The molecule has 1 aromatic carbocycles. The zero-order valence-electron chi connectivity index (χ0n) is 15.8. The fourth-order valence-electron chi connectivity index (χ4n) is 2.93. The maximum Gasteiger partial charge on any atom is 0.293 e. The molecule has 1 aromatic heterocycles. The number of benzene rings is 1. The monoisotopic (exact) mass is 384 g/mol. The van der Waals surface area contributed by atoms with E-state index in [1.54, 1.807) is 36.5 Å². The minimum Gasteiger partial charge on any atom is -0.385 e. The lowest BCUT2D eigenvalue weighted by Crippen LogP contribution is -2.32. The number of nitrogens with zero attached hydrogens (tertiary/aromatic N) is 3. The van der Waals surface area contributed by atoms with Gasteiger partial charge in [-0.15, -0.1) is 0 Å². The standard InChI is InChI=1S/C20H24N4O4/c1-28-12-2-11-23(14-15-7-9-21-10-8-15)20(25)16-3-6-18(22-17-4-5-17)19(13-16)24(26)27/h3,6-10,13,17,22H,2,4-5,11-12,14H2,1H3. The molecule has 8 nitrogen and oxygen atoms in total. The first kappa shape index (κ1) is 19.8. The molecule has 1 aliphatic carbocycles. The highest BCUT2D eigenvalue weighted by Crippen LogP contribution is 2.32. The zero-order valence-corrected chi connectivity index (χ0v) is 15.8. The van der Waals surface area contributed by atoms with Crippen LogP contribution in [-0.2, 0) is 11.3 Å². The Morgan fingerprint density at radius 2 is 2.07 bits per heavy atom. The fraction of sp³-hybridized carbons (Fsp3) is 0.400. The van der Waals surface area contributed by atoms with Crippen molar-refractivity contribution in [2.45, 2.75) is 31.8 Å². The summed E-state index contributed by atoms with van der Waals surface area (Å²) in [5.74, 6) is -0.242. The maximum atomic E-state index is 13.1. The number of hydrogen-bond acceptors (Lipinski definition) is 6. The van der Waals surface area contributed by atoms with E-state index in [2.05, 4.69) is 10.3 Å². The van der Waals surface area contributed by atoms with Gasteiger partial charge in [0.15, 0.2) is 0 Å². The largest absolute Gasteiger partial charge is 0.385 e. The highest BCUT2D eigenvalue weighted by atomic mass is 16.6. The lowest BCUT2D eigenvalue weighted by atomic mass is 10.1. The molecule has 0 unspecified atom stereocenters. The molecule has 0 spiro atoms. The molecule has 0 aliphatic heterocycles. The quantitative estimate of drug-likeness (QED) is 0.384. The molecule has 0 saturated heterocycles. The van der Waals surface area contributed by atoms with Gasteiger partial charge in [0, 0.05) is 56.9 Å². The number of nitro benzene ring substituents is 1. The van der Waals surface area contributed by atoms with E-state index in [4.69, 9.17) is 4.74 Å². The number of carbonyl (C=O) groups is 1. The summed E-state index contributed by atoms with van der Waals surface area (Å²) >= 11 is 0. The van der Waals surface area contributed by atoms with Crippen LogP contribution in [-0.4, -0.2) is 47.0 Å². The molecule has 2 aromatic rings. The van der Waals surface area contributed by atoms with Crippen molar-refractivity contribution in [2.24, 2.45) is 0 Å².